The molecule has 464 valence electrons. The van der Waals surface area contributed by atoms with Crippen molar-refractivity contribution in [1.29, 1.82) is 0 Å². The van der Waals surface area contributed by atoms with Crippen LogP contribution in [0.15, 0.2) is 146 Å². The Kier molecular flexibility index (Phi) is 64.8. The van der Waals surface area contributed by atoms with Gasteiger partial charge in [0.05, 0.1) is 0 Å². The van der Waals surface area contributed by atoms with E-state index in [1.54, 1.807) is 0 Å². The normalized spacial score (nSPS) is 13.1. The topological polar surface area (TPSA) is 78.9 Å². The molecule has 0 rings (SSSR count). The minimum atomic E-state index is -0.822. The van der Waals surface area contributed by atoms with Crippen LogP contribution in [-0.4, -0.2) is 37.2 Å². The van der Waals surface area contributed by atoms with E-state index >= 15 is 0 Å². The number of rotatable bonds is 60. The summed E-state index contributed by atoms with van der Waals surface area (Å²) in [5.41, 5.74) is 0. The minimum absolute atomic E-state index is 0.112. The van der Waals surface area contributed by atoms with Crippen LogP contribution in [0.3, 0.4) is 0 Å². The van der Waals surface area contributed by atoms with Crippen molar-refractivity contribution in [1.82, 2.24) is 0 Å². The van der Waals surface area contributed by atoms with Gasteiger partial charge < -0.3 is 14.2 Å². The van der Waals surface area contributed by atoms with Gasteiger partial charge >= 0.3 is 17.9 Å². The smallest absolute Gasteiger partial charge is 0.306 e. The maximum atomic E-state index is 12.9. The highest BCUT2D eigenvalue weighted by atomic mass is 16.6. The lowest BCUT2D eigenvalue weighted by Gasteiger charge is -2.18. The molecule has 0 radical (unpaired) electrons. The molecule has 0 fully saturated rings. The molecule has 0 aliphatic carbocycles. The molecule has 0 aliphatic rings. The molecule has 0 aromatic rings. The zero-order chi connectivity index (χ0) is 59.2. The van der Waals surface area contributed by atoms with Crippen LogP contribution < -0.4 is 0 Å². The molecule has 0 saturated heterocycles. The average Bonchev–Trinajstić information content (AvgIpc) is 3.47. The van der Waals surface area contributed by atoms with Gasteiger partial charge in [-0.15, -0.1) is 0 Å². The fraction of sp³-hybridized carbons (Fsp3) is 0.645. The van der Waals surface area contributed by atoms with Crippen molar-refractivity contribution >= 4 is 17.9 Å². The number of ether oxygens (including phenoxy) is 3. The second-order valence-corrected chi connectivity index (χ2v) is 22.0. The lowest BCUT2D eigenvalue weighted by atomic mass is 10.0. The Morgan fingerprint density at radius 2 is 0.500 bits per heavy atom. The summed E-state index contributed by atoms with van der Waals surface area (Å²) in [6, 6.07) is 0. The lowest BCUT2D eigenvalue weighted by Crippen LogP contribution is -2.30. The highest BCUT2D eigenvalue weighted by Gasteiger charge is 2.19. The van der Waals surface area contributed by atoms with E-state index in [1.807, 2.05) is 6.08 Å². The Labute approximate surface area is 506 Å². The summed E-state index contributed by atoms with van der Waals surface area (Å²) < 4.78 is 16.9. The summed E-state index contributed by atoms with van der Waals surface area (Å²) in [5, 5.41) is 0. The number of esters is 3. The summed E-state index contributed by atoms with van der Waals surface area (Å²) in [5.74, 6) is -1.01. The summed E-state index contributed by atoms with van der Waals surface area (Å²) in [4.78, 5) is 38.4. The van der Waals surface area contributed by atoms with Crippen LogP contribution in [0.2, 0.25) is 0 Å². The predicted octanol–water partition coefficient (Wildman–Crippen LogP) is 23.5. The van der Waals surface area contributed by atoms with Gasteiger partial charge in [-0.2, -0.15) is 0 Å². The Hall–Kier alpha value is -4.71. The van der Waals surface area contributed by atoms with Crippen LogP contribution in [0.5, 0.6) is 0 Å². The number of carbonyl (C=O) groups is 3. The van der Waals surface area contributed by atoms with Gasteiger partial charge in [0, 0.05) is 19.3 Å². The summed E-state index contributed by atoms with van der Waals surface area (Å²) >= 11 is 0. The first kappa shape index (κ1) is 77.3. The molecule has 82 heavy (non-hydrogen) atoms. The highest BCUT2D eigenvalue weighted by Crippen LogP contribution is 2.16. The molecule has 0 spiro atoms. The monoisotopic (exact) mass is 1130 g/mol. The summed E-state index contributed by atoms with van der Waals surface area (Å²) in [6.07, 6.45) is 98.7. The lowest BCUT2D eigenvalue weighted by molar-refractivity contribution is -0.166. The minimum Gasteiger partial charge on any atom is -0.462 e. The first-order valence-electron chi connectivity index (χ1n) is 33.8. The van der Waals surface area contributed by atoms with Gasteiger partial charge in [0.15, 0.2) is 6.10 Å². The van der Waals surface area contributed by atoms with Gasteiger partial charge in [-0.3, -0.25) is 14.4 Å². The van der Waals surface area contributed by atoms with Gasteiger partial charge in [0.1, 0.15) is 13.2 Å². The third kappa shape index (κ3) is 66.1. The van der Waals surface area contributed by atoms with E-state index in [2.05, 4.69) is 161 Å². The molecule has 1 atom stereocenters. The molecule has 0 saturated carbocycles. The van der Waals surface area contributed by atoms with Crippen molar-refractivity contribution in [2.45, 2.75) is 303 Å². The van der Waals surface area contributed by atoms with Crippen LogP contribution in [0.1, 0.15) is 297 Å². The Morgan fingerprint density at radius 1 is 0.256 bits per heavy atom. The number of hydrogen-bond acceptors (Lipinski definition) is 6. The van der Waals surface area contributed by atoms with Crippen molar-refractivity contribution in [3.63, 3.8) is 0 Å². The van der Waals surface area contributed by atoms with E-state index in [0.29, 0.717) is 19.3 Å². The van der Waals surface area contributed by atoms with Gasteiger partial charge in [-0.05, 0) is 109 Å². The Bertz CT molecular complexity index is 1780. The van der Waals surface area contributed by atoms with Crippen molar-refractivity contribution < 1.29 is 28.6 Å². The molecule has 0 N–H and O–H groups in total. The van der Waals surface area contributed by atoms with Crippen LogP contribution in [0, 0.1) is 0 Å². The van der Waals surface area contributed by atoms with Crippen LogP contribution in [-0.2, 0) is 28.6 Å². The first-order chi connectivity index (χ1) is 40.5. The largest absolute Gasteiger partial charge is 0.462 e. The maximum absolute atomic E-state index is 12.9. The van der Waals surface area contributed by atoms with Crippen molar-refractivity contribution in [3.8, 4) is 0 Å². The summed E-state index contributed by atoms with van der Waals surface area (Å²) in [6.45, 7) is 6.36. The number of hydrogen-bond donors (Lipinski definition) is 0. The number of unbranched alkanes of at least 4 members (excludes halogenated alkanes) is 25. The molecular weight excluding hydrogens is 1010 g/mol. The van der Waals surface area contributed by atoms with Gasteiger partial charge in [0.25, 0.3) is 0 Å². The van der Waals surface area contributed by atoms with E-state index in [0.717, 1.165) is 128 Å². The van der Waals surface area contributed by atoms with E-state index in [-0.39, 0.29) is 37.5 Å². The quantitative estimate of drug-likeness (QED) is 0.0261. The molecule has 0 heterocycles. The zero-order valence-corrected chi connectivity index (χ0v) is 53.2. The van der Waals surface area contributed by atoms with Crippen LogP contribution in [0.25, 0.3) is 0 Å². The summed E-state index contributed by atoms with van der Waals surface area (Å²) in [7, 11) is 0. The van der Waals surface area contributed by atoms with Gasteiger partial charge in [-0.1, -0.05) is 314 Å². The second kappa shape index (κ2) is 68.8. The first-order valence-corrected chi connectivity index (χ1v) is 33.8. The third-order valence-electron chi connectivity index (χ3n) is 14.1. The van der Waals surface area contributed by atoms with Gasteiger partial charge in [0.2, 0.25) is 0 Å². The fourth-order valence-electron chi connectivity index (χ4n) is 9.12. The molecule has 1 unspecified atom stereocenters. The van der Waals surface area contributed by atoms with Crippen molar-refractivity contribution in [2.75, 3.05) is 13.2 Å². The maximum Gasteiger partial charge on any atom is 0.306 e. The zero-order valence-electron chi connectivity index (χ0n) is 53.2. The van der Waals surface area contributed by atoms with E-state index < -0.39 is 6.10 Å². The van der Waals surface area contributed by atoms with E-state index in [4.69, 9.17) is 14.2 Å². The van der Waals surface area contributed by atoms with E-state index in [9.17, 15) is 14.4 Å². The third-order valence-corrected chi connectivity index (χ3v) is 14.1. The highest BCUT2D eigenvalue weighted by molar-refractivity contribution is 5.71. The average molecular weight is 1130 g/mol. The molecular formula is C76H124O6. The number of allylic oxidation sites excluding steroid dienone is 24. The van der Waals surface area contributed by atoms with Crippen molar-refractivity contribution in [2.24, 2.45) is 0 Å². The standard InChI is InChI=1S/C76H124O6/c1-4-7-10-13-16-19-22-25-28-31-34-36-37-38-39-40-43-45-48-51-54-57-60-63-66-69-75(78)81-72-73(71-80-74(77)68-65-62-59-56-53-50-47-44-41-33-30-27-24-21-18-15-12-9-6-3)82-76(79)70-67-64-61-58-55-52-49-46-42-35-32-29-26-23-20-17-14-11-8-5-2/h7,9-10,12,16,18-19,21,25,27-28,30,34,36,38-39,41,43-45,50,53,59,62,73H,4-6,8,11,13-15,17,20,22-24,26,29,31-33,35,37,40,42,46-49,51-52,54-58,60-61,63-72H2,1-3H3/b10-7-,12-9-,19-16-,21-18-,28-25-,30-27-,36-34-,39-38-,44-41-,45-43-,53-50-,62-59-. The molecule has 6 nitrogen and oxygen atoms in total. The van der Waals surface area contributed by atoms with Crippen LogP contribution >= 0.6 is 0 Å². The van der Waals surface area contributed by atoms with E-state index in [1.165, 1.54) is 122 Å². The molecule has 0 aromatic carbocycles. The SMILES string of the molecule is CC/C=C\C/C=C\C/C=C\C/C=C\C/C=C\C/C=C\CCCCCCCCC(=O)OCC(COC(=O)CC/C=C\C/C=C\C/C=C\C/C=C\C/C=C\C/C=C\CC)OC(=O)CCCCCCCCCCCCCCCCCCCCCC. The Morgan fingerprint density at radius 3 is 0.817 bits per heavy atom. The molecule has 0 aromatic heterocycles. The van der Waals surface area contributed by atoms with Gasteiger partial charge in [-0.25, -0.2) is 0 Å². The molecule has 6 heteroatoms. The second-order valence-electron chi connectivity index (χ2n) is 22.0. The Balaban J connectivity index is 4.50. The predicted molar refractivity (Wildman–Crippen MR) is 357 cm³/mol. The van der Waals surface area contributed by atoms with Crippen LogP contribution in [0.4, 0.5) is 0 Å². The number of carbonyl (C=O) groups excluding carboxylic acids is 3. The molecule has 0 bridgehead atoms. The molecule has 0 amide bonds. The van der Waals surface area contributed by atoms with Crippen molar-refractivity contribution in [3.05, 3.63) is 146 Å². The molecule has 0 aliphatic heterocycles. The fourth-order valence-corrected chi connectivity index (χ4v) is 9.12.